The van der Waals surface area contributed by atoms with Crippen molar-refractivity contribution in [3.05, 3.63) is 24.0 Å². The topological polar surface area (TPSA) is 75.6 Å². The third-order valence-electron chi connectivity index (χ3n) is 3.80. The number of rotatable bonds is 4. The standard InChI is InChI=1S/C14H16FNO4/c1-14(2)10(11(14)13(18)19)12(17)16-8-5-4-7(15)6-9(8)20-3/h4-6,10-11H,1-3H3,(H,16,17)(H,18,19). The fraction of sp³-hybridized carbons (Fsp3) is 0.429. The molecule has 5 nitrogen and oxygen atoms in total. The Morgan fingerprint density at radius 2 is 2.00 bits per heavy atom. The maximum atomic E-state index is 13.1. The Hall–Kier alpha value is -2.11. The monoisotopic (exact) mass is 281 g/mol. The van der Waals surface area contributed by atoms with Gasteiger partial charge in [-0.15, -0.1) is 0 Å². The molecule has 2 unspecified atom stereocenters. The number of aliphatic carboxylic acids is 1. The second-order valence-electron chi connectivity index (χ2n) is 5.45. The number of carbonyl (C=O) groups excluding carboxylic acids is 1. The first kappa shape index (κ1) is 14.3. The first-order valence-electron chi connectivity index (χ1n) is 6.16. The number of ether oxygens (including phenoxy) is 1. The van der Waals surface area contributed by atoms with Crippen LogP contribution in [0.3, 0.4) is 0 Å². The van der Waals surface area contributed by atoms with Crippen LogP contribution in [0.15, 0.2) is 18.2 Å². The molecule has 108 valence electrons. The van der Waals surface area contributed by atoms with E-state index >= 15 is 0 Å². The smallest absolute Gasteiger partial charge is 0.307 e. The summed E-state index contributed by atoms with van der Waals surface area (Å²) in [7, 11) is 1.37. The van der Waals surface area contributed by atoms with Gasteiger partial charge in [-0.3, -0.25) is 9.59 Å². The Labute approximate surface area is 115 Å². The molecule has 0 spiro atoms. The van der Waals surface area contributed by atoms with Crippen molar-refractivity contribution in [1.29, 1.82) is 0 Å². The third kappa shape index (κ3) is 2.33. The van der Waals surface area contributed by atoms with Gasteiger partial charge in [-0.05, 0) is 17.5 Å². The summed E-state index contributed by atoms with van der Waals surface area (Å²) in [6.45, 7) is 3.47. The van der Waals surface area contributed by atoms with Gasteiger partial charge in [0.25, 0.3) is 0 Å². The van der Waals surface area contributed by atoms with Crippen LogP contribution in [0.1, 0.15) is 13.8 Å². The van der Waals surface area contributed by atoms with Gasteiger partial charge in [-0.25, -0.2) is 4.39 Å². The molecule has 0 aromatic heterocycles. The number of halogens is 1. The minimum absolute atomic E-state index is 0.198. The van der Waals surface area contributed by atoms with E-state index in [-0.39, 0.29) is 5.75 Å². The first-order valence-corrected chi connectivity index (χ1v) is 6.16. The lowest BCUT2D eigenvalue weighted by atomic mass is 10.1. The van der Waals surface area contributed by atoms with Gasteiger partial charge >= 0.3 is 5.97 Å². The summed E-state index contributed by atoms with van der Waals surface area (Å²) >= 11 is 0. The van der Waals surface area contributed by atoms with Gasteiger partial charge in [0.05, 0.1) is 24.6 Å². The summed E-state index contributed by atoms with van der Waals surface area (Å²) in [6, 6.07) is 3.74. The lowest BCUT2D eigenvalue weighted by molar-refractivity contribution is -0.140. The highest BCUT2D eigenvalue weighted by Crippen LogP contribution is 2.58. The molecule has 0 saturated heterocycles. The van der Waals surface area contributed by atoms with Gasteiger partial charge in [0.2, 0.25) is 5.91 Å². The molecular formula is C14H16FNO4. The number of hydrogen-bond acceptors (Lipinski definition) is 3. The average molecular weight is 281 g/mol. The number of nitrogens with one attached hydrogen (secondary N) is 1. The Morgan fingerprint density at radius 3 is 2.50 bits per heavy atom. The van der Waals surface area contributed by atoms with Crippen molar-refractivity contribution >= 4 is 17.6 Å². The molecule has 2 N–H and O–H groups in total. The van der Waals surface area contributed by atoms with E-state index in [0.717, 1.165) is 6.07 Å². The number of hydrogen-bond donors (Lipinski definition) is 2. The maximum absolute atomic E-state index is 13.1. The molecule has 0 radical (unpaired) electrons. The minimum atomic E-state index is -0.985. The van der Waals surface area contributed by atoms with Crippen molar-refractivity contribution in [2.75, 3.05) is 12.4 Å². The summed E-state index contributed by atoms with van der Waals surface area (Å²) in [5.74, 6) is -2.96. The van der Waals surface area contributed by atoms with E-state index in [1.165, 1.54) is 19.2 Å². The van der Waals surface area contributed by atoms with Crippen LogP contribution in [0.4, 0.5) is 10.1 Å². The van der Waals surface area contributed by atoms with Crippen molar-refractivity contribution in [2.45, 2.75) is 13.8 Å². The van der Waals surface area contributed by atoms with Crippen molar-refractivity contribution in [2.24, 2.45) is 17.3 Å². The van der Waals surface area contributed by atoms with E-state index in [0.29, 0.717) is 5.69 Å². The molecule has 2 rings (SSSR count). The quantitative estimate of drug-likeness (QED) is 0.886. The second-order valence-corrected chi connectivity index (χ2v) is 5.45. The summed E-state index contributed by atoms with van der Waals surface area (Å²) in [5, 5.41) is 11.7. The summed E-state index contributed by atoms with van der Waals surface area (Å²) < 4.78 is 18.0. The third-order valence-corrected chi connectivity index (χ3v) is 3.80. The zero-order valence-corrected chi connectivity index (χ0v) is 11.4. The normalized spacial score (nSPS) is 23.0. The molecule has 1 aromatic rings. The van der Waals surface area contributed by atoms with E-state index < -0.39 is 34.9 Å². The minimum Gasteiger partial charge on any atom is -0.494 e. The van der Waals surface area contributed by atoms with E-state index in [1.807, 2.05) is 0 Å². The molecular weight excluding hydrogens is 265 g/mol. The van der Waals surface area contributed by atoms with Gasteiger partial charge in [0.1, 0.15) is 11.6 Å². The first-order chi connectivity index (χ1) is 9.28. The molecule has 1 aliphatic rings. The Balaban J connectivity index is 2.16. The maximum Gasteiger partial charge on any atom is 0.307 e. The number of carbonyl (C=O) groups is 2. The van der Waals surface area contributed by atoms with Crippen LogP contribution in [-0.4, -0.2) is 24.1 Å². The molecule has 6 heteroatoms. The van der Waals surface area contributed by atoms with E-state index in [1.54, 1.807) is 13.8 Å². The van der Waals surface area contributed by atoms with E-state index in [2.05, 4.69) is 5.32 Å². The molecule has 1 saturated carbocycles. The van der Waals surface area contributed by atoms with Gasteiger partial charge in [0.15, 0.2) is 0 Å². The fourth-order valence-electron chi connectivity index (χ4n) is 2.57. The summed E-state index contributed by atoms with van der Waals surface area (Å²) in [4.78, 5) is 23.2. The van der Waals surface area contributed by atoms with Gasteiger partial charge in [-0.2, -0.15) is 0 Å². The van der Waals surface area contributed by atoms with Gasteiger partial charge < -0.3 is 15.2 Å². The molecule has 0 heterocycles. The number of carboxylic acid groups (broad SMARTS) is 1. The summed E-state index contributed by atoms with van der Waals surface area (Å²) in [5.41, 5.74) is -0.255. The Morgan fingerprint density at radius 1 is 1.35 bits per heavy atom. The highest BCUT2D eigenvalue weighted by atomic mass is 19.1. The number of carboxylic acids is 1. The van der Waals surface area contributed by atoms with Crippen molar-refractivity contribution in [3.8, 4) is 5.75 Å². The van der Waals surface area contributed by atoms with E-state index in [9.17, 15) is 14.0 Å². The van der Waals surface area contributed by atoms with E-state index in [4.69, 9.17) is 9.84 Å². The lowest BCUT2D eigenvalue weighted by Crippen LogP contribution is -2.18. The number of amides is 1. The zero-order valence-electron chi connectivity index (χ0n) is 11.4. The molecule has 0 aliphatic heterocycles. The van der Waals surface area contributed by atoms with Crippen LogP contribution in [0, 0.1) is 23.1 Å². The fourth-order valence-corrected chi connectivity index (χ4v) is 2.57. The predicted molar refractivity (Wildman–Crippen MR) is 70.0 cm³/mol. The SMILES string of the molecule is COc1cc(F)ccc1NC(=O)C1C(C(=O)O)C1(C)C. The molecule has 2 atom stereocenters. The molecule has 1 amide bonds. The number of benzene rings is 1. The second kappa shape index (κ2) is 4.77. The molecule has 1 fully saturated rings. The number of anilines is 1. The van der Waals surface area contributed by atoms with Crippen LogP contribution in [0.5, 0.6) is 5.75 Å². The van der Waals surface area contributed by atoms with Crippen LogP contribution < -0.4 is 10.1 Å². The Bertz CT molecular complexity index is 570. The van der Waals surface area contributed by atoms with Crippen molar-refractivity contribution in [1.82, 2.24) is 0 Å². The van der Waals surface area contributed by atoms with Gasteiger partial charge in [-0.1, -0.05) is 13.8 Å². The highest BCUT2D eigenvalue weighted by Gasteiger charge is 2.65. The lowest BCUT2D eigenvalue weighted by Gasteiger charge is -2.10. The highest BCUT2D eigenvalue weighted by molar-refractivity contribution is 6.00. The zero-order chi connectivity index (χ0) is 15.1. The van der Waals surface area contributed by atoms with Crippen LogP contribution >= 0.6 is 0 Å². The van der Waals surface area contributed by atoms with Crippen molar-refractivity contribution in [3.63, 3.8) is 0 Å². The van der Waals surface area contributed by atoms with Gasteiger partial charge in [0, 0.05) is 6.07 Å². The summed E-state index contributed by atoms with van der Waals surface area (Å²) in [6.07, 6.45) is 0. The van der Waals surface area contributed by atoms with Crippen LogP contribution in [-0.2, 0) is 9.59 Å². The molecule has 0 bridgehead atoms. The predicted octanol–water partition coefficient (Wildman–Crippen LogP) is 2.13. The molecule has 1 aliphatic carbocycles. The average Bonchev–Trinajstić information content (AvgIpc) is 2.94. The van der Waals surface area contributed by atoms with Crippen LogP contribution in [0.2, 0.25) is 0 Å². The van der Waals surface area contributed by atoms with Crippen molar-refractivity contribution < 1.29 is 23.8 Å². The Kier molecular flexibility index (Phi) is 3.41. The molecule has 20 heavy (non-hydrogen) atoms. The number of methoxy groups -OCH3 is 1. The van der Waals surface area contributed by atoms with Crippen LogP contribution in [0.25, 0.3) is 0 Å². The molecule has 1 aromatic carbocycles. The largest absolute Gasteiger partial charge is 0.494 e.